The number of unbranched alkanes of at least 4 members (excludes halogenated alkanes) is 5. The highest BCUT2D eigenvalue weighted by atomic mass is 16.5. The molecular weight excluding hydrogens is 280 g/mol. The first-order chi connectivity index (χ1) is 10.5. The van der Waals surface area contributed by atoms with Gasteiger partial charge in [0.1, 0.15) is 0 Å². The van der Waals surface area contributed by atoms with Crippen LogP contribution in [0.2, 0.25) is 0 Å². The first-order valence-corrected chi connectivity index (χ1v) is 8.34. The molecule has 0 N–H and O–H groups in total. The van der Waals surface area contributed by atoms with Gasteiger partial charge in [-0.05, 0) is 26.7 Å². The van der Waals surface area contributed by atoms with Crippen LogP contribution < -0.4 is 0 Å². The molecule has 0 amide bonds. The number of ether oxygens (including phenoxy) is 2. The van der Waals surface area contributed by atoms with Crippen molar-refractivity contribution in [2.24, 2.45) is 0 Å². The van der Waals surface area contributed by atoms with Gasteiger partial charge in [0, 0.05) is 0 Å². The maximum Gasteiger partial charge on any atom is 0.307 e. The summed E-state index contributed by atoms with van der Waals surface area (Å²) < 4.78 is 10.2. The van der Waals surface area contributed by atoms with Crippen molar-refractivity contribution in [2.75, 3.05) is 0 Å². The van der Waals surface area contributed by atoms with Crippen LogP contribution >= 0.6 is 0 Å². The number of esters is 2. The van der Waals surface area contributed by atoms with Gasteiger partial charge in [0.25, 0.3) is 0 Å². The van der Waals surface area contributed by atoms with Gasteiger partial charge in [-0.15, -0.1) is 6.42 Å². The summed E-state index contributed by atoms with van der Waals surface area (Å²) in [4.78, 5) is 23.0. The molecule has 0 aromatic heterocycles. The van der Waals surface area contributed by atoms with Crippen molar-refractivity contribution < 1.29 is 19.1 Å². The molecule has 4 heteroatoms. The molecule has 0 saturated carbocycles. The largest absolute Gasteiger partial charge is 0.463 e. The predicted octanol–water partition coefficient (Wildman–Crippen LogP) is 4.01. The Morgan fingerprint density at radius 1 is 0.955 bits per heavy atom. The number of terminal acetylenes is 1. The predicted molar refractivity (Wildman–Crippen MR) is 87.2 cm³/mol. The molecule has 4 nitrogen and oxygen atoms in total. The third-order valence-corrected chi connectivity index (χ3v) is 3.37. The average Bonchev–Trinajstić information content (AvgIpc) is 2.48. The van der Waals surface area contributed by atoms with Gasteiger partial charge in [-0.1, -0.05) is 44.9 Å². The van der Waals surface area contributed by atoms with Gasteiger partial charge in [0.05, 0.1) is 18.9 Å². The highest BCUT2D eigenvalue weighted by Crippen LogP contribution is 2.11. The maximum absolute atomic E-state index is 11.6. The fourth-order valence-electron chi connectivity index (χ4n) is 2.05. The van der Waals surface area contributed by atoms with E-state index in [4.69, 9.17) is 15.9 Å². The van der Waals surface area contributed by atoms with Crippen molar-refractivity contribution in [3.05, 3.63) is 0 Å². The lowest BCUT2D eigenvalue weighted by Crippen LogP contribution is -2.18. The molecule has 0 aromatic rings. The second-order valence-corrected chi connectivity index (χ2v) is 5.66. The first-order valence-electron chi connectivity index (χ1n) is 8.34. The summed E-state index contributed by atoms with van der Waals surface area (Å²) >= 11 is 0. The monoisotopic (exact) mass is 310 g/mol. The van der Waals surface area contributed by atoms with Crippen molar-refractivity contribution in [3.63, 3.8) is 0 Å². The van der Waals surface area contributed by atoms with Gasteiger partial charge in [0.2, 0.25) is 0 Å². The third kappa shape index (κ3) is 12.3. The van der Waals surface area contributed by atoms with Crippen molar-refractivity contribution in [1.29, 1.82) is 0 Å². The lowest BCUT2D eigenvalue weighted by molar-refractivity contribution is -0.154. The SMILES string of the molecule is C#CC(C)OC(=O)CCC(=O)OC(C)CCCCCCCC. The summed E-state index contributed by atoms with van der Waals surface area (Å²) in [6.07, 6.45) is 12.7. The van der Waals surface area contributed by atoms with Crippen LogP contribution in [0.4, 0.5) is 0 Å². The third-order valence-electron chi connectivity index (χ3n) is 3.37. The Kier molecular flexibility index (Phi) is 12.3. The number of hydrogen-bond donors (Lipinski definition) is 0. The van der Waals surface area contributed by atoms with Gasteiger partial charge in [-0.3, -0.25) is 9.59 Å². The zero-order valence-electron chi connectivity index (χ0n) is 14.2. The van der Waals surface area contributed by atoms with Crippen molar-refractivity contribution in [1.82, 2.24) is 0 Å². The Balaban J connectivity index is 3.65. The Morgan fingerprint density at radius 3 is 2.09 bits per heavy atom. The smallest absolute Gasteiger partial charge is 0.307 e. The summed E-state index contributed by atoms with van der Waals surface area (Å²) in [5.74, 6) is 1.47. The van der Waals surface area contributed by atoms with Crippen LogP contribution in [0.1, 0.15) is 78.6 Å². The highest BCUT2D eigenvalue weighted by Gasteiger charge is 2.13. The van der Waals surface area contributed by atoms with Crippen LogP contribution in [0.15, 0.2) is 0 Å². The van der Waals surface area contributed by atoms with E-state index in [0.29, 0.717) is 0 Å². The summed E-state index contributed by atoms with van der Waals surface area (Å²) in [6.45, 7) is 5.70. The Hall–Kier alpha value is -1.50. The van der Waals surface area contributed by atoms with E-state index in [1.165, 1.54) is 32.1 Å². The summed E-state index contributed by atoms with van der Waals surface area (Å²) in [5, 5.41) is 0. The van der Waals surface area contributed by atoms with Gasteiger partial charge in [0.15, 0.2) is 6.10 Å². The number of carbonyl (C=O) groups excluding carboxylic acids is 2. The van der Waals surface area contributed by atoms with Crippen LogP contribution in [0, 0.1) is 12.3 Å². The number of carbonyl (C=O) groups is 2. The number of hydrogen-bond acceptors (Lipinski definition) is 4. The summed E-state index contributed by atoms with van der Waals surface area (Å²) in [6, 6.07) is 0. The minimum Gasteiger partial charge on any atom is -0.463 e. The molecule has 0 saturated heterocycles. The molecule has 0 heterocycles. The molecule has 2 unspecified atom stereocenters. The van der Waals surface area contributed by atoms with E-state index in [0.717, 1.165) is 12.8 Å². The van der Waals surface area contributed by atoms with E-state index in [1.807, 2.05) is 6.92 Å². The van der Waals surface area contributed by atoms with Gasteiger partial charge >= 0.3 is 11.9 Å². The summed E-state index contributed by atoms with van der Waals surface area (Å²) in [5.41, 5.74) is 0. The Morgan fingerprint density at radius 2 is 1.50 bits per heavy atom. The van der Waals surface area contributed by atoms with E-state index in [9.17, 15) is 9.59 Å². The lowest BCUT2D eigenvalue weighted by atomic mass is 10.1. The molecule has 0 radical (unpaired) electrons. The van der Waals surface area contributed by atoms with Crippen LogP contribution in [0.5, 0.6) is 0 Å². The lowest BCUT2D eigenvalue weighted by Gasteiger charge is -2.13. The van der Waals surface area contributed by atoms with Crippen molar-refractivity contribution >= 4 is 11.9 Å². The van der Waals surface area contributed by atoms with Crippen molar-refractivity contribution in [2.45, 2.75) is 90.8 Å². The highest BCUT2D eigenvalue weighted by molar-refractivity contribution is 5.77. The van der Waals surface area contributed by atoms with Crippen LogP contribution in [-0.4, -0.2) is 24.1 Å². The number of rotatable bonds is 12. The first kappa shape index (κ1) is 20.5. The molecule has 2 atom stereocenters. The summed E-state index contributed by atoms with van der Waals surface area (Å²) in [7, 11) is 0. The minimum absolute atomic E-state index is 0.00852. The quantitative estimate of drug-likeness (QED) is 0.310. The molecule has 0 aliphatic rings. The van der Waals surface area contributed by atoms with Crippen LogP contribution in [-0.2, 0) is 19.1 Å². The van der Waals surface area contributed by atoms with E-state index in [-0.39, 0.29) is 24.9 Å². The average molecular weight is 310 g/mol. The van der Waals surface area contributed by atoms with Gasteiger partial charge in [-0.2, -0.15) is 0 Å². The molecule has 22 heavy (non-hydrogen) atoms. The van der Waals surface area contributed by atoms with Crippen LogP contribution in [0.3, 0.4) is 0 Å². The molecule has 0 aliphatic carbocycles. The molecular formula is C18H30O4. The van der Waals surface area contributed by atoms with Gasteiger partial charge in [-0.25, -0.2) is 0 Å². The molecule has 0 spiro atoms. The van der Waals surface area contributed by atoms with E-state index >= 15 is 0 Å². The Labute approximate surface area is 134 Å². The molecule has 0 aliphatic heterocycles. The Bertz CT molecular complexity index is 357. The van der Waals surface area contributed by atoms with E-state index < -0.39 is 12.1 Å². The molecule has 0 rings (SSSR count). The standard InChI is InChI=1S/C18H30O4/c1-5-7-8-9-10-11-12-16(4)22-18(20)14-13-17(19)21-15(3)6-2/h2,15-16H,5,7-14H2,1,3-4H3. The van der Waals surface area contributed by atoms with Gasteiger partial charge < -0.3 is 9.47 Å². The molecule has 0 fully saturated rings. The fourth-order valence-corrected chi connectivity index (χ4v) is 2.05. The second-order valence-electron chi connectivity index (χ2n) is 5.66. The normalized spacial score (nSPS) is 13.0. The van der Waals surface area contributed by atoms with Crippen LogP contribution in [0.25, 0.3) is 0 Å². The second kappa shape index (κ2) is 13.2. The van der Waals surface area contributed by atoms with E-state index in [1.54, 1.807) is 6.92 Å². The van der Waals surface area contributed by atoms with Crippen molar-refractivity contribution in [3.8, 4) is 12.3 Å². The maximum atomic E-state index is 11.6. The molecule has 126 valence electrons. The topological polar surface area (TPSA) is 52.6 Å². The molecule has 0 bridgehead atoms. The van der Waals surface area contributed by atoms with E-state index in [2.05, 4.69) is 12.8 Å². The zero-order chi connectivity index (χ0) is 16.8. The fraction of sp³-hybridized carbons (Fsp3) is 0.778. The zero-order valence-corrected chi connectivity index (χ0v) is 14.2. The molecule has 0 aromatic carbocycles. The minimum atomic E-state index is -0.560.